The van der Waals surface area contributed by atoms with Crippen molar-refractivity contribution in [1.29, 1.82) is 0 Å². The molecule has 140 valence electrons. The van der Waals surface area contributed by atoms with E-state index in [0.717, 1.165) is 18.5 Å². The Labute approximate surface area is 149 Å². The van der Waals surface area contributed by atoms with Crippen LogP contribution in [0, 0.1) is 10.8 Å². The zero-order valence-electron chi connectivity index (χ0n) is 17.0. The molecular weight excluding hydrogens is 298 g/mol. The van der Waals surface area contributed by atoms with Crippen LogP contribution in [0.4, 0.5) is 0 Å². The summed E-state index contributed by atoms with van der Waals surface area (Å²) in [6.07, 6.45) is 9.72. The minimum absolute atomic E-state index is 0.185. The zero-order valence-corrected chi connectivity index (χ0v) is 17.0. The van der Waals surface area contributed by atoms with Crippen molar-refractivity contribution in [3.8, 4) is 0 Å². The monoisotopic (exact) mass is 337 g/mol. The van der Waals surface area contributed by atoms with Crippen LogP contribution in [0.25, 0.3) is 0 Å². The first-order valence-corrected chi connectivity index (χ1v) is 9.70. The third-order valence-electron chi connectivity index (χ3n) is 6.26. The molecule has 24 heavy (non-hydrogen) atoms. The summed E-state index contributed by atoms with van der Waals surface area (Å²) in [5.74, 6) is 0. The van der Waals surface area contributed by atoms with Crippen molar-refractivity contribution in [3.05, 3.63) is 11.9 Å². The van der Waals surface area contributed by atoms with Crippen LogP contribution in [0.5, 0.6) is 0 Å². The van der Waals surface area contributed by atoms with E-state index in [2.05, 4.69) is 51.9 Å². The van der Waals surface area contributed by atoms with Gasteiger partial charge in [0.25, 0.3) is 0 Å². The molecule has 0 aliphatic heterocycles. The Morgan fingerprint density at radius 1 is 1.00 bits per heavy atom. The minimum atomic E-state index is -0.765. The highest BCUT2D eigenvalue weighted by Crippen LogP contribution is 2.35. The number of aryl methyl sites for hydroxylation is 1. The fraction of sp³-hybridized carbons (Fsp3) is 0.900. The number of hydrogen-bond acceptors (Lipinski definition) is 3. The number of nitrogens with zero attached hydrogens (tertiary/aromatic N) is 3. The van der Waals surface area contributed by atoms with Crippen molar-refractivity contribution in [2.75, 3.05) is 0 Å². The van der Waals surface area contributed by atoms with Gasteiger partial charge in [-0.15, -0.1) is 5.10 Å². The van der Waals surface area contributed by atoms with Crippen LogP contribution in [-0.4, -0.2) is 25.7 Å². The lowest BCUT2D eigenvalue weighted by Crippen LogP contribution is -2.46. The van der Waals surface area contributed by atoms with Gasteiger partial charge in [-0.3, -0.25) is 0 Å². The van der Waals surface area contributed by atoms with Gasteiger partial charge in [-0.25, -0.2) is 4.68 Å². The highest BCUT2D eigenvalue weighted by atomic mass is 16.3. The fourth-order valence-corrected chi connectivity index (χ4v) is 3.19. The lowest BCUT2D eigenvalue weighted by molar-refractivity contribution is -0.0770. The molecule has 0 aliphatic rings. The van der Waals surface area contributed by atoms with Gasteiger partial charge < -0.3 is 5.11 Å². The second kappa shape index (κ2) is 8.46. The smallest absolute Gasteiger partial charge is 0.0888 e. The molecule has 1 aromatic rings. The van der Waals surface area contributed by atoms with Crippen molar-refractivity contribution >= 4 is 0 Å². The van der Waals surface area contributed by atoms with E-state index in [1.807, 2.05) is 17.8 Å². The van der Waals surface area contributed by atoms with Gasteiger partial charge in [0, 0.05) is 0 Å². The molecule has 0 bridgehead atoms. The highest BCUT2D eigenvalue weighted by Gasteiger charge is 2.39. The SMILES string of the molecule is CCC(C)(CC)CCCCc1cnnn1C[C@](O)(CC)C(C)(C)C. The van der Waals surface area contributed by atoms with E-state index < -0.39 is 5.60 Å². The molecule has 1 aromatic heterocycles. The van der Waals surface area contributed by atoms with Gasteiger partial charge in [-0.1, -0.05) is 72.9 Å². The van der Waals surface area contributed by atoms with Crippen LogP contribution in [0.15, 0.2) is 6.20 Å². The summed E-state index contributed by atoms with van der Waals surface area (Å²) in [4.78, 5) is 0. The molecule has 0 aromatic carbocycles. The summed E-state index contributed by atoms with van der Waals surface area (Å²) in [5, 5.41) is 19.3. The first-order valence-electron chi connectivity index (χ1n) is 9.70. The second-order valence-corrected chi connectivity index (χ2v) is 8.74. The number of aliphatic hydroxyl groups is 1. The maximum atomic E-state index is 11.0. The van der Waals surface area contributed by atoms with Gasteiger partial charge in [-0.05, 0) is 36.5 Å². The molecule has 0 amide bonds. The molecule has 1 N–H and O–H groups in total. The van der Waals surface area contributed by atoms with E-state index in [1.165, 1.54) is 25.7 Å². The van der Waals surface area contributed by atoms with Gasteiger partial charge in [0.15, 0.2) is 0 Å². The largest absolute Gasteiger partial charge is 0.387 e. The Hall–Kier alpha value is -0.900. The number of unbranched alkanes of at least 4 members (excludes halogenated alkanes) is 1. The van der Waals surface area contributed by atoms with Gasteiger partial charge in [0.05, 0.1) is 24.0 Å². The van der Waals surface area contributed by atoms with E-state index in [4.69, 9.17) is 0 Å². The minimum Gasteiger partial charge on any atom is -0.387 e. The van der Waals surface area contributed by atoms with E-state index in [1.54, 1.807) is 0 Å². The Morgan fingerprint density at radius 2 is 1.62 bits per heavy atom. The molecule has 0 fully saturated rings. The third kappa shape index (κ3) is 5.30. The predicted molar refractivity (Wildman–Crippen MR) is 101 cm³/mol. The molecule has 0 aliphatic carbocycles. The fourth-order valence-electron chi connectivity index (χ4n) is 3.19. The van der Waals surface area contributed by atoms with Crippen LogP contribution in [-0.2, 0) is 13.0 Å². The highest BCUT2D eigenvalue weighted by molar-refractivity contribution is 4.98. The van der Waals surface area contributed by atoms with E-state index in [0.29, 0.717) is 18.4 Å². The second-order valence-electron chi connectivity index (χ2n) is 8.74. The molecule has 0 saturated heterocycles. The maximum Gasteiger partial charge on any atom is 0.0888 e. The van der Waals surface area contributed by atoms with Crippen LogP contribution in [0.3, 0.4) is 0 Å². The third-order valence-corrected chi connectivity index (χ3v) is 6.26. The van der Waals surface area contributed by atoms with Gasteiger partial charge in [0.1, 0.15) is 0 Å². The summed E-state index contributed by atoms with van der Waals surface area (Å²) < 4.78 is 1.91. The standard InChI is InChI=1S/C20H39N3O/c1-8-19(7,9-2)14-12-11-13-17-15-21-22-23(17)16-20(24,10-3)18(4,5)6/h15,24H,8-14,16H2,1-7H3/t20-/m1/s1. The lowest BCUT2D eigenvalue weighted by Gasteiger charge is -2.39. The Balaban J connectivity index is 2.63. The average Bonchev–Trinajstić information content (AvgIpc) is 2.97. The van der Waals surface area contributed by atoms with E-state index in [-0.39, 0.29) is 5.41 Å². The van der Waals surface area contributed by atoms with Crippen molar-refractivity contribution in [1.82, 2.24) is 15.0 Å². The van der Waals surface area contributed by atoms with Crippen molar-refractivity contribution in [2.45, 2.75) is 106 Å². The van der Waals surface area contributed by atoms with E-state index >= 15 is 0 Å². The molecular formula is C20H39N3O. The summed E-state index contributed by atoms with van der Waals surface area (Å²) in [7, 11) is 0. The van der Waals surface area contributed by atoms with Gasteiger partial charge in [0.2, 0.25) is 0 Å². The van der Waals surface area contributed by atoms with Gasteiger partial charge >= 0.3 is 0 Å². The van der Waals surface area contributed by atoms with E-state index in [9.17, 15) is 5.11 Å². The van der Waals surface area contributed by atoms with Crippen molar-refractivity contribution in [3.63, 3.8) is 0 Å². The van der Waals surface area contributed by atoms with Crippen LogP contribution in [0.2, 0.25) is 0 Å². The lowest BCUT2D eigenvalue weighted by atomic mass is 9.74. The van der Waals surface area contributed by atoms with Crippen molar-refractivity contribution < 1.29 is 5.11 Å². The summed E-state index contributed by atoms with van der Waals surface area (Å²) in [5.41, 5.74) is 0.668. The van der Waals surface area contributed by atoms with Crippen LogP contribution < -0.4 is 0 Å². The van der Waals surface area contributed by atoms with Crippen LogP contribution in [0.1, 0.15) is 92.7 Å². The number of hydrogen-bond donors (Lipinski definition) is 1. The quantitative estimate of drug-likeness (QED) is 0.611. The summed E-state index contributed by atoms with van der Waals surface area (Å²) >= 11 is 0. The number of aromatic nitrogens is 3. The first-order chi connectivity index (χ1) is 11.1. The molecule has 1 heterocycles. The Kier molecular flexibility index (Phi) is 7.45. The maximum absolute atomic E-state index is 11.0. The van der Waals surface area contributed by atoms with Crippen LogP contribution >= 0.6 is 0 Å². The topological polar surface area (TPSA) is 50.9 Å². The molecule has 0 saturated carbocycles. The zero-order chi connectivity index (χ0) is 18.4. The molecule has 0 radical (unpaired) electrons. The normalized spacial score (nSPS) is 15.5. The molecule has 0 spiro atoms. The Bertz CT molecular complexity index is 485. The van der Waals surface area contributed by atoms with Gasteiger partial charge in [-0.2, -0.15) is 0 Å². The Morgan fingerprint density at radius 3 is 2.12 bits per heavy atom. The predicted octanol–water partition coefficient (Wildman–Crippen LogP) is 5.00. The first kappa shape index (κ1) is 21.1. The molecule has 1 rings (SSSR count). The molecule has 1 atom stereocenters. The molecule has 4 heteroatoms. The summed E-state index contributed by atoms with van der Waals surface area (Å²) in [6, 6.07) is 0. The van der Waals surface area contributed by atoms with Crippen molar-refractivity contribution in [2.24, 2.45) is 10.8 Å². The number of rotatable bonds is 10. The molecule has 0 unspecified atom stereocenters. The molecule has 4 nitrogen and oxygen atoms in total. The average molecular weight is 338 g/mol. The summed E-state index contributed by atoms with van der Waals surface area (Å²) in [6.45, 7) is 15.8.